The lowest BCUT2D eigenvalue weighted by Crippen LogP contribution is -2.41. The Morgan fingerprint density at radius 2 is 1.88 bits per heavy atom. The van der Waals surface area contributed by atoms with Crippen molar-refractivity contribution >= 4 is 36.3 Å². The van der Waals surface area contributed by atoms with E-state index in [1.165, 1.54) is 24.7 Å². The number of sulfone groups is 1. The van der Waals surface area contributed by atoms with Gasteiger partial charge in [0.05, 0.1) is 5.75 Å². The molecule has 1 aromatic carbocycles. The highest BCUT2D eigenvalue weighted by Gasteiger charge is 2.43. The van der Waals surface area contributed by atoms with Crippen molar-refractivity contribution in [1.29, 1.82) is 0 Å². The number of hydrogen-bond donors (Lipinski definition) is 1. The Kier molecular flexibility index (Phi) is 6.98. The molecule has 0 saturated heterocycles. The second-order valence-electron chi connectivity index (χ2n) is 10.1. The number of fused-ring (bicyclic) bond motifs is 1. The fourth-order valence-corrected chi connectivity index (χ4v) is 7.33. The summed E-state index contributed by atoms with van der Waals surface area (Å²) in [5, 5.41) is 0.471. The molecule has 13 heteroatoms. The first-order chi connectivity index (χ1) is 19.2. The summed E-state index contributed by atoms with van der Waals surface area (Å²) in [4.78, 5) is 19.2. The zero-order chi connectivity index (χ0) is 29.7. The quantitative estimate of drug-likeness (QED) is 0.325. The SMILES string of the molecule is CC1=CC(c2cc(CS(C)(=O)=O)cnc2Oc2ccc(F)cc2F)=CCC1(C)S(=O)(=O)n1ccc2cc[nH]c(=O)c21. The van der Waals surface area contributed by atoms with E-state index in [1.807, 2.05) is 0 Å². The van der Waals surface area contributed by atoms with Crippen LogP contribution < -0.4 is 10.3 Å². The van der Waals surface area contributed by atoms with E-state index >= 15 is 0 Å². The van der Waals surface area contributed by atoms with Crippen molar-refractivity contribution in [1.82, 2.24) is 13.9 Å². The van der Waals surface area contributed by atoms with E-state index in [4.69, 9.17) is 4.74 Å². The lowest BCUT2D eigenvalue weighted by atomic mass is 9.87. The normalized spacial score (nSPS) is 17.8. The molecule has 1 N–H and O–H groups in total. The van der Waals surface area contributed by atoms with Gasteiger partial charge in [-0.3, -0.25) is 4.79 Å². The molecule has 0 saturated carbocycles. The van der Waals surface area contributed by atoms with Gasteiger partial charge in [0, 0.05) is 41.9 Å². The highest BCUT2D eigenvalue weighted by Crippen LogP contribution is 2.41. The summed E-state index contributed by atoms with van der Waals surface area (Å²) in [7, 11) is -7.58. The molecule has 1 aliphatic rings. The molecule has 41 heavy (non-hydrogen) atoms. The van der Waals surface area contributed by atoms with Gasteiger partial charge in [0.15, 0.2) is 21.4 Å². The zero-order valence-corrected chi connectivity index (χ0v) is 23.8. The molecule has 0 bridgehead atoms. The van der Waals surface area contributed by atoms with Gasteiger partial charge in [0.25, 0.3) is 5.56 Å². The second kappa shape index (κ2) is 10.1. The van der Waals surface area contributed by atoms with Crippen LogP contribution in [0.2, 0.25) is 0 Å². The minimum absolute atomic E-state index is 0.00554. The Morgan fingerprint density at radius 3 is 2.56 bits per heavy atom. The van der Waals surface area contributed by atoms with Crippen LogP contribution in [0.3, 0.4) is 0 Å². The monoisotopic (exact) mass is 601 g/mol. The maximum Gasteiger partial charge on any atom is 0.273 e. The molecule has 0 amide bonds. The van der Waals surface area contributed by atoms with E-state index in [1.54, 1.807) is 38.1 Å². The molecule has 3 aromatic heterocycles. The molecule has 1 aliphatic carbocycles. The third kappa shape index (κ3) is 5.22. The highest BCUT2D eigenvalue weighted by molar-refractivity contribution is 7.91. The summed E-state index contributed by atoms with van der Waals surface area (Å²) in [5.41, 5.74) is 0.974. The number of ether oxygens (including phenoxy) is 1. The highest BCUT2D eigenvalue weighted by atomic mass is 32.2. The number of allylic oxidation sites excluding steroid dienone is 3. The van der Waals surface area contributed by atoms with Crippen molar-refractivity contribution in [3.8, 4) is 11.6 Å². The molecule has 0 fully saturated rings. The number of pyridine rings is 2. The van der Waals surface area contributed by atoms with Crippen LogP contribution in [0, 0.1) is 11.6 Å². The summed E-state index contributed by atoms with van der Waals surface area (Å²) in [6.07, 6.45) is 8.35. The van der Waals surface area contributed by atoms with Crippen molar-refractivity contribution in [3.63, 3.8) is 0 Å². The van der Waals surface area contributed by atoms with E-state index in [0.29, 0.717) is 28.2 Å². The Hall–Kier alpha value is -4.10. The Bertz CT molecular complexity index is 2050. The average molecular weight is 602 g/mol. The number of aromatic amines is 1. The van der Waals surface area contributed by atoms with Crippen LogP contribution in [0.15, 0.2) is 77.5 Å². The largest absolute Gasteiger partial charge is 0.435 e. The van der Waals surface area contributed by atoms with Crippen molar-refractivity contribution < 1.29 is 30.4 Å². The van der Waals surface area contributed by atoms with Crippen LogP contribution in [0.5, 0.6) is 11.6 Å². The fourth-order valence-electron chi connectivity index (χ4n) is 4.72. The second-order valence-corrected chi connectivity index (χ2v) is 14.5. The third-order valence-electron chi connectivity index (χ3n) is 7.07. The fraction of sp³-hybridized carbons (Fsp3) is 0.214. The van der Waals surface area contributed by atoms with Gasteiger partial charge in [-0.2, -0.15) is 0 Å². The minimum Gasteiger partial charge on any atom is -0.435 e. The molecule has 5 rings (SSSR count). The maximum atomic E-state index is 14.4. The molecule has 4 aromatic rings. The molecule has 1 unspecified atom stereocenters. The first-order valence-electron chi connectivity index (χ1n) is 12.3. The van der Waals surface area contributed by atoms with Crippen LogP contribution in [0.4, 0.5) is 8.78 Å². The molecule has 214 valence electrons. The number of hydrogen-bond acceptors (Lipinski definition) is 7. The number of nitrogens with one attached hydrogen (secondary N) is 1. The maximum absolute atomic E-state index is 14.4. The van der Waals surface area contributed by atoms with Gasteiger partial charge in [-0.05, 0) is 67.3 Å². The predicted octanol–water partition coefficient (Wildman–Crippen LogP) is 4.71. The number of H-pyrrole nitrogens is 1. The van der Waals surface area contributed by atoms with Gasteiger partial charge in [-0.25, -0.2) is 34.6 Å². The van der Waals surface area contributed by atoms with E-state index in [9.17, 15) is 30.4 Å². The van der Waals surface area contributed by atoms with Crippen LogP contribution >= 0.6 is 0 Å². The third-order valence-corrected chi connectivity index (χ3v) is 10.4. The molecule has 0 spiro atoms. The molecular formula is C28H25F2N3O6S2. The summed E-state index contributed by atoms with van der Waals surface area (Å²) >= 11 is 0. The number of halogens is 2. The van der Waals surface area contributed by atoms with Crippen LogP contribution in [-0.4, -0.2) is 41.8 Å². The lowest BCUT2D eigenvalue weighted by Gasteiger charge is -2.33. The molecule has 0 aliphatic heterocycles. The zero-order valence-electron chi connectivity index (χ0n) is 22.2. The molecular weight excluding hydrogens is 576 g/mol. The molecule has 1 atom stereocenters. The summed E-state index contributed by atoms with van der Waals surface area (Å²) in [6.45, 7) is 3.18. The van der Waals surface area contributed by atoms with Gasteiger partial charge in [0.2, 0.25) is 15.9 Å². The van der Waals surface area contributed by atoms with Crippen molar-refractivity contribution in [3.05, 3.63) is 106 Å². The Morgan fingerprint density at radius 1 is 1.12 bits per heavy atom. The smallest absolute Gasteiger partial charge is 0.273 e. The van der Waals surface area contributed by atoms with Crippen molar-refractivity contribution in [2.45, 2.75) is 30.8 Å². The van der Waals surface area contributed by atoms with Crippen LogP contribution in [-0.2, 0) is 25.6 Å². The van der Waals surface area contributed by atoms with Crippen molar-refractivity contribution in [2.75, 3.05) is 6.26 Å². The van der Waals surface area contributed by atoms with Gasteiger partial charge in [-0.1, -0.05) is 12.2 Å². The lowest BCUT2D eigenvalue weighted by molar-refractivity contribution is 0.422. The standard InChI is InChI=1S/C28H25F2N3O6S2/c1-17-12-20(6-9-28(17,2)41(37,38)33-11-8-19-7-10-31-26(34)25(19)33)22-13-18(16-40(3,35)36)15-32-27(22)39-24-5-4-21(29)14-23(24)30/h4-8,10-15H,9,16H2,1-3H3,(H,31,34). The number of benzene rings is 1. The summed E-state index contributed by atoms with van der Waals surface area (Å²) in [5.74, 6) is -2.47. The van der Waals surface area contributed by atoms with Gasteiger partial charge in [0.1, 0.15) is 16.1 Å². The summed E-state index contributed by atoms with van der Waals surface area (Å²) < 4.78 is 84.8. The number of rotatable bonds is 7. The van der Waals surface area contributed by atoms with E-state index < -0.39 is 41.8 Å². The first kappa shape index (κ1) is 28.4. The topological polar surface area (TPSA) is 128 Å². The number of nitrogens with zero attached hydrogens (tertiary/aromatic N) is 2. The van der Waals surface area contributed by atoms with Gasteiger partial charge in [-0.15, -0.1) is 0 Å². The Labute approximate surface area is 234 Å². The molecule has 3 heterocycles. The van der Waals surface area contributed by atoms with E-state index in [-0.39, 0.29) is 34.9 Å². The molecule has 0 radical (unpaired) electrons. The van der Waals surface area contributed by atoms with Crippen LogP contribution in [0.1, 0.15) is 31.4 Å². The molecule has 9 nitrogen and oxygen atoms in total. The Balaban J connectivity index is 1.58. The number of aromatic nitrogens is 3. The van der Waals surface area contributed by atoms with Crippen molar-refractivity contribution in [2.24, 2.45) is 0 Å². The van der Waals surface area contributed by atoms with Gasteiger partial charge >= 0.3 is 0 Å². The average Bonchev–Trinajstić information content (AvgIpc) is 3.34. The van der Waals surface area contributed by atoms with E-state index in [2.05, 4.69) is 9.97 Å². The van der Waals surface area contributed by atoms with Crippen LogP contribution in [0.25, 0.3) is 16.5 Å². The minimum atomic E-state index is -4.15. The van der Waals surface area contributed by atoms with Gasteiger partial charge < -0.3 is 9.72 Å². The summed E-state index contributed by atoms with van der Waals surface area (Å²) in [6, 6.07) is 7.45. The first-order valence-corrected chi connectivity index (χ1v) is 15.8. The van der Waals surface area contributed by atoms with E-state index in [0.717, 1.165) is 22.4 Å². The predicted molar refractivity (Wildman–Crippen MR) is 151 cm³/mol.